The van der Waals surface area contributed by atoms with Gasteiger partial charge in [0, 0.05) is 11.4 Å². The number of fused-ring (bicyclic) bond motifs is 1. The zero-order chi connectivity index (χ0) is 19.3. The summed E-state index contributed by atoms with van der Waals surface area (Å²) in [5.74, 6) is -1.09. The molecule has 1 amide bonds. The summed E-state index contributed by atoms with van der Waals surface area (Å²) in [5, 5.41) is 6.44. The topological polar surface area (TPSA) is 92.9 Å². The third-order valence-corrected chi connectivity index (χ3v) is 4.98. The molecular formula is C17H20F3N5O. The molecule has 140 valence electrons. The number of nitrogens with one attached hydrogen (secondary N) is 2. The van der Waals surface area contributed by atoms with E-state index in [1.165, 1.54) is 13.8 Å². The molecule has 0 radical (unpaired) electrons. The van der Waals surface area contributed by atoms with E-state index >= 15 is 0 Å². The first-order valence-electron chi connectivity index (χ1n) is 8.11. The predicted molar refractivity (Wildman–Crippen MR) is 88.6 cm³/mol. The first-order valence-corrected chi connectivity index (χ1v) is 8.11. The Balaban J connectivity index is 2.08. The molecule has 0 saturated carbocycles. The first-order chi connectivity index (χ1) is 12.0. The van der Waals surface area contributed by atoms with Crippen LogP contribution in [0.3, 0.4) is 0 Å². The molecule has 4 N–H and O–H groups in total. The van der Waals surface area contributed by atoms with E-state index in [-0.39, 0.29) is 11.5 Å². The van der Waals surface area contributed by atoms with Gasteiger partial charge in [-0.3, -0.25) is 10.1 Å². The zero-order valence-electron chi connectivity index (χ0n) is 14.6. The Bertz CT molecular complexity index is 819. The van der Waals surface area contributed by atoms with Crippen LogP contribution in [0.5, 0.6) is 0 Å². The molecule has 1 aromatic rings. The average molecular weight is 367 g/mol. The van der Waals surface area contributed by atoms with Gasteiger partial charge in [-0.25, -0.2) is 9.97 Å². The molecular weight excluding hydrogens is 347 g/mol. The molecule has 26 heavy (non-hydrogen) atoms. The van der Waals surface area contributed by atoms with Gasteiger partial charge in [0.25, 0.3) is 0 Å². The Kier molecular flexibility index (Phi) is 4.10. The van der Waals surface area contributed by atoms with Gasteiger partial charge in [0.2, 0.25) is 5.91 Å². The van der Waals surface area contributed by atoms with E-state index in [2.05, 4.69) is 20.6 Å². The van der Waals surface area contributed by atoms with E-state index in [1.807, 2.05) is 25.2 Å². The summed E-state index contributed by atoms with van der Waals surface area (Å²) >= 11 is 0. The minimum atomic E-state index is -4.65. The van der Waals surface area contributed by atoms with Gasteiger partial charge in [-0.05, 0) is 39.3 Å². The van der Waals surface area contributed by atoms with Crippen LogP contribution in [0.15, 0.2) is 30.0 Å². The summed E-state index contributed by atoms with van der Waals surface area (Å²) < 4.78 is 39.5. The van der Waals surface area contributed by atoms with E-state index in [9.17, 15) is 18.0 Å². The molecule has 0 bridgehead atoms. The molecule has 1 aliphatic carbocycles. The van der Waals surface area contributed by atoms with Crippen LogP contribution in [0.4, 0.5) is 13.2 Å². The number of halogens is 3. The maximum Gasteiger partial charge on any atom is 0.433 e. The number of nitrogens with zero attached hydrogens (tertiary/aromatic N) is 2. The number of aromatic nitrogens is 2. The van der Waals surface area contributed by atoms with Gasteiger partial charge in [-0.2, -0.15) is 13.2 Å². The number of hydrogen-bond donors (Lipinski definition) is 3. The Morgan fingerprint density at radius 2 is 2.08 bits per heavy atom. The number of rotatable bonds is 3. The van der Waals surface area contributed by atoms with E-state index in [4.69, 9.17) is 5.73 Å². The summed E-state index contributed by atoms with van der Waals surface area (Å²) in [5.41, 5.74) is 3.39. The van der Waals surface area contributed by atoms with Gasteiger partial charge in [0.05, 0.1) is 11.7 Å². The third-order valence-electron chi connectivity index (χ3n) is 4.98. The van der Waals surface area contributed by atoms with E-state index in [0.29, 0.717) is 6.42 Å². The third kappa shape index (κ3) is 2.86. The number of amides is 1. The predicted octanol–water partition coefficient (Wildman–Crippen LogP) is 1.67. The van der Waals surface area contributed by atoms with Crippen LogP contribution < -0.4 is 16.4 Å². The quantitative estimate of drug-likeness (QED) is 0.756. The molecule has 1 saturated heterocycles. The largest absolute Gasteiger partial charge is 0.433 e. The second-order valence-corrected chi connectivity index (χ2v) is 7.05. The van der Waals surface area contributed by atoms with Crippen LogP contribution in [0.25, 0.3) is 0 Å². The minimum Gasteiger partial charge on any atom is -0.370 e. The van der Waals surface area contributed by atoms with Crippen LogP contribution in [0, 0.1) is 6.92 Å². The zero-order valence-corrected chi connectivity index (χ0v) is 14.6. The second-order valence-electron chi connectivity index (χ2n) is 7.05. The highest BCUT2D eigenvalue weighted by atomic mass is 19.4. The maximum atomic E-state index is 13.2. The summed E-state index contributed by atoms with van der Waals surface area (Å²) in [6.45, 7) is 4.81. The van der Waals surface area contributed by atoms with E-state index in [1.54, 1.807) is 0 Å². The normalized spacial score (nSPS) is 27.3. The lowest BCUT2D eigenvalue weighted by Crippen LogP contribution is -2.59. The van der Waals surface area contributed by atoms with Gasteiger partial charge in [-0.1, -0.05) is 12.2 Å². The van der Waals surface area contributed by atoms with Crippen molar-refractivity contribution in [3.8, 4) is 0 Å². The Morgan fingerprint density at radius 1 is 1.38 bits per heavy atom. The SMILES string of the molecule is Cc1cc(C(F)(F)F)nc(C(C)(C(N)=O)C2NC3=CC=CCC3(C)N2)n1. The van der Waals surface area contributed by atoms with Crippen molar-refractivity contribution in [2.24, 2.45) is 5.73 Å². The number of nitrogens with two attached hydrogens (primary N) is 1. The second kappa shape index (κ2) is 5.80. The van der Waals surface area contributed by atoms with E-state index in [0.717, 1.165) is 11.8 Å². The number of carbonyl (C=O) groups excluding carboxylic acids is 1. The molecule has 6 nitrogen and oxygen atoms in total. The average Bonchev–Trinajstić information content (AvgIpc) is 2.90. The van der Waals surface area contributed by atoms with Crippen LogP contribution in [0.2, 0.25) is 0 Å². The first kappa shape index (κ1) is 18.4. The Hall–Kier alpha value is -2.42. The van der Waals surface area contributed by atoms with Crippen LogP contribution in [-0.2, 0) is 16.4 Å². The monoisotopic (exact) mass is 367 g/mol. The van der Waals surface area contributed by atoms with Crippen molar-refractivity contribution >= 4 is 5.91 Å². The fraction of sp³-hybridized carbons (Fsp3) is 0.471. The molecule has 0 spiro atoms. The maximum absolute atomic E-state index is 13.2. The number of aryl methyl sites for hydroxylation is 1. The van der Waals surface area contributed by atoms with Crippen molar-refractivity contribution < 1.29 is 18.0 Å². The Labute approximate surface area is 148 Å². The van der Waals surface area contributed by atoms with Crippen molar-refractivity contribution in [3.63, 3.8) is 0 Å². The number of primary amides is 1. The summed E-state index contributed by atoms with van der Waals surface area (Å²) in [6.07, 6.45) is 0.965. The number of carbonyl (C=O) groups is 1. The molecule has 1 aliphatic heterocycles. The molecule has 0 aromatic carbocycles. The van der Waals surface area contributed by atoms with Crippen LogP contribution >= 0.6 is 0 Å². The highest BCUT2D eigenvalue weighted by Gasteiger charge is 2.52. The standard InChI is InChI=1S/C17H20F3N5O/c1-9-8-11(17(18,19)20)24-13(22-9)16(3,12(21)26)14-23-10-6-4-5-7-15(10,2)25-14/h4-6,8,14,23,25H,7H2,1-3H3,(H2,21,26). The highest BCUT2D eigenvalue weighted by Crippen LogP contribution is 2.36. The van der Waals surface area contributed by atoms with Crippen molar-refractivity contribution in [2.45, 2.75) is 50.5 Å². The number of alkyl halides is 3. The van der Waals surface area contributed by atoms with Crippen molar-refractivity contribution in [1.82, 2.24) is 20.6 Å². The van der Waals surface area contributed by atoms with Gasteiger partial charge < -0.3 is 11.1 Å². The molecule has 1 fully saturated rings. The van der Waals surface area contributed by atoms with Crippen LogP contribution in [-0.4, -0.2) is 27.6 Å². The molecule has 1 aromatic heterocycles. The summed E-state index contributed by atoms with van der Waals surface area (Å²) in [6, 6.07) is 0.841. The van der Waals surface area contributed by atoms with Crippen LogP contribution in [0.1, 0.15) is 37.5 Å². The van der Waals surface area contributed by atoms with Gasteiger partial charge in [0.1, 0.15) is 16.9 Å². The fourth-order valence-corrected chi connectivity index (χ4v) is 3.23. The molecule has 3 unspecified atom stereocenters. The number of allylic oxidation sites excluding steroid dienone is 2. The highest BCUT2D eigenvalue weighted by molar-refractivity contribution is 5.86. The lowest BCUT2D eigenvalue weighted by molar-refractivity contribution is -0.142. The summed E-state index contributed by atoms with van der Waals surface area (Å²) in [4.78, 5) is 20.1. The van der Waals surface area contributed by atoms with E-state index < -0.39 is 34.9 Å². The lowest BCUT2D eigenvalue weighted by atomic mass is 9.84. The summed E-state index contributed by atoms with van der Waals surface area (Å²) in [7, 11) is 0. The van der Waals surface area contributed by atoms with Crippen molar-refractivity contribution in [2.75, 3.05) is 0 Å². The number of hydrogen-bond acceptors (Lipinski definition) is 5. The van der Waals surface area contributed by atoms with Gasteiger partial charge in [-0.15, -0.1) is 0 Å². The molecule has 2 aliphatic rings. The van der Waals surface area contributed by atoms with Gasteiger partial charge in [0.15, 0.2) is 0 Å². The minimum absolute atomic E-state index is 0.109. The molecule has 9 heteroatoms. The molecule has 3 atom stereocenters. The van der Waals surface area contributed by atoms with Gasteiger partial charge >= 0.3 is 6.18 Å². The Morgan fingerprint density at radius 3 is 2.65 bits per heavy atom. The molecule has 2 heterocycles. The lowest BCUT2D eigenvalue weighted by Gasteiger charge is -2.33. The smallest absolute Gasteiger partial charge is 0.370 e. The van der Waals surface area contributed by atoms with Crippen molar-refractivity contribution in [3.05, 3.63) is 47.2 Å². The fourth-order valence-electron chi connectivity index (χ4n) is 3.23. The van der Waals surface area contributed by atoms with Crippen molar-refractivity contribution in [1.29, 1.82) is 0 Å². The molecule has 3 rings (SSSR count).